The number of halogens is 3. The van der Waals surface area contributed by atoms with E-state index in [0.717, 1.165) is 0 Å². The summed E-state index contributed by atoms with van der Waals surface area (Å²) in [4.78, 5) is 23.5. The number of carboxylic acids is 1. The molecule has 0 spiro atoms. The minimum atomic E-state index is -4.65. The molecule has 0 amide bonds. The number of benzene rings is 2. The van der Waals surface area contributed by atoms with E-state index in [4.69, 9.17) is 4.74 Å². The molecule has 0 radical (unpaired) electrons. The number of ether oxygens (including phenoxy) is 1. The van der Waals surface area contributed by atoms with Crippen molar-refractivity contribution in [3.8, 4) is 5.75 Å². The lowest BCUT2D eigenvalue weighted by Gasteiger charge is -2.19. The van der Waals surface area contributed by atoms with Crippen LogP contribution in [0.3, 0.4) is 0 Å². The number of alkyl halides is 3. The molecule has 2 rings (SSSR count). The van der Waals surface area contributed by atoms with E-state index >= 15 is 0 Å². The Labute approximate surface area is 161 Å². The Bertz CT molecular complexity index is 789. The Morgan fingerprint density at radius 1 is 1.07 bits per heavy atom. The second kappa shape index (κ2) is 10.3. The van der Waals surface area contributed by atoms with Gasteiger partial charge in [0.05, 0.1) is 7.11 Å². The molecule has 2 N–H and O–H groups in total. The van der Waals surface area contributed by atoms with Crippen LogP contribution in [0, 0.1) is 0 Å². The normalized spacial score (nSPS) is 11.6. The number of aliphatic carboxylic acids is 1. The van der Waals surface area contributed by atoms with Crippen molar-refractivity contribution in [3.63, 3.8) is 0 Å². The number of para-hydroxylation sites is 1. The van der Waals surface area contributed by atoms with E-state index in [0.29, 0.717) is 11.3 Å². The molecule has 0 saturated heterocycles. The van der Waals surface area contributed by atoms with Crippen molar-refractivity contribution in [3.05, 3.63) is 59.7 Å². The summed E-state index contributed by atoms with van der Waals surface area (Å²) < 4.78 is 42.5. The van der Waals surface area contributed by atoms with Crippen molar-refractivity contribution in [1.82, 2.24) is 0 Å². The van der Waals surface area contributed by atoms with Gasteiger partial charge in [0.15, 0.2) is 11.8 Å². The van der Waals surface area contributed by atoms with Crippen molar-refractivity contribution < 1.29 is 32.6 Å². The minimum Gasteiger partial charge on any atom is -0.497 e. The van der Waals surface area contributed by atoms with E-state index in [-0.39, 0.29) is 11.3 Å². The van der Waals surface area contributed by atoms with E-state index in [2.05, 4.69) is 5.32 Å². The van der Waals surface area contributed by atoms with Crippen molar-refractivity contribution in [2.75, 3.05) is 12.4 Å². The molecule has 2 aromatic carbocycles. The third-order valence-electron chi connectivity index (χ3n) is 3.58. The monoisotopic (exact) mass is 397 g/mol. The molecular weight excluding hydrogens is 375 g/mol. The molecule has 1 unspecified atom stereocenters. The lowest BCUT2D eigenvalue weighted by molar-refractivity contribution is -0.138. The quantitative estimate of drug-likeness (QED) is 0.636. The lowest BCUT2D eigenvalue weighted by atomic mass is 10.0. The fourth-order valence-electron chi connectivity index (χ4n) is 2.37. The minimum absolute atomic E-state index is 0.0185. The lowest BCUT2D eigenvalue weighted by Crippen LogP contribution is -2.22. The Balaban J connectivity index is 0.00000190. The molecule has 2 aromatic rings. The number of hydrogen-bond acceptors (Lipinski definition) is 4. The molecule has 8 heteroatoms. The molecule has 1 atom stereocenters. The number of Topliss-reactive ketones (excluding diaryl/α,β-unsaturated/α-hetero) is 1. The first-order chi connectivity index (χ1) is 13.2. The number of carbonyl (C=O) groups is 2. The first-order valence-electron chi connectivity index (χ1n) is 8.53. The molecule has 0 aromatic heterocycles. The maximum absolute atomic E-state index is 12.5. The number of carboxylic acid groups (broad SMARTS) is 1. The zero-order valence-corrected chi connectivity index (χ0v) is 15.7. The largest absolute Gasteiger partial charge is 0.497 e. The van der Waals surface area contributed by atoms with E-state index in [1.165, 1.54) is 43.5 Å². The number of rotatable bonds is 7. The Kier molecular flexibility index (Phi) is 8.50. The standard InChI is InChI=1S/C18H16F3NO4.C2H6/c1-26-12-8-6-11(7-9-12)16(17(24)25)22-14-5-3-2-4-13(14)15(23)10-18(19,20)21;1-2/h2-9,16,22H,10H2,1H3,(H,24,25);1-2H3. The summed E-state index contributed by atoms with van der Waals surface area (Å²) >= 11 is 0. The SMILES string of the molecule is CC.COc1ccc(C(Nc2ccccc2C(=O)CC(F)(F)F)C(=O)O)cc1. The van der Waals surface area contributed by atoms with Gasteiger partial charge in [-0.05, 0) is 29.8 Å². The van der Waals surface area contributed by atoms with Gasteiger partial charge in [-0.2, -0.15) is 13.2 Å². The number of carbonyl (C=O) groups excluding carboxylic acids is 1. The van der Waals surface area contributed by atoms with Crippen LogP contribution in [0.1, 0.15) is 42.2 Å². The molecule has 0 fully saturated rings. The van der Waals surface area contributed by atoms with Crippen LogP contribution in [0.25, 0.3) is 0 Å². The molecule has 0 heterocycles. The third kappa shape index (κ3) is 6.61. The summed E-state index contributed by atoms with van der Waals surface area (Å²) in [5.74, 6) is -1.86. The molecule has 0 aliphatic carbocycles. The Hall–Kier alpha value is -3.03. The summed E-state index contributed by atoms with van der Waals surface area (Å²) in [5, 5.41) is 12.1. The molecule has 5 nitrogen and oxygen atoms in total. The second-order valence-corrected chi connectivity index (χ2v) is 5.45. The molecule has 0 bridgehead atoms. The van der Waals surface area contributed by atoms with Crippen LogP contribution in [0.15, 0.2) is 48.5 Å². The Morgan fingerprint density at radius 2 is 1.64 bits per heavy atom. The predicted octanol–water partition coefficient (Wildman–Crippen LogP) is 5.09. The van der Waals surface area contributed by atoms with Crippen molar-refractivity contribution in [2.24, 2.45) is 0 Å². The summed E-state index contributed by atoms with van der Waals surface area (Å²) in [7, 11) is 1.46. The number of hydrogen-bond donors (Lipinski definition) is 2. The maximum atomic E-state index is 12.5. The summed E-state index contributed by atoms with van der Waals surface area (Å²) in [6.45, 7) is 4.00. The van der Waals surface area contributed by atoms with Crippen LogP contribution in [-0.4, -0.2) is 30.1 Å². The van der Waals surface area contributed by atoms with Crippen molar-refractivity contribution in [1.29, 1.82) is 0 Å². The summed E-state index contributed by atoms with van der Waals surface area (Å²) in [6, 6.07) is 10.4. The van der Waals surface area contributed by atoms with Gasteiger partial charge >= 0.3 is 12.1 Å². The first-order valence-corrected chi connectivity index (χ1v) is 8.53. The molecule has 0 aliphatic rings. The van der Waals surface area contributed by atoms with Gasteiger partial charge in [0.25, 0.3) is 0 Å². The highest BCUT2D eigenvalue weighted by atomic mass is 19.4. The van der Waals surface area contributed by atoms with E-state index in [9.17, 15) is 27.9 Å². The number of anilines is 1. The van der Waals surface area contributed by atoms with Gasteiger partial charge in [-0.1, -0.05) is 38.1 Å². The fourth-order valence-corrected chi connectivity index (χ4v) is 2.37. The number of ketones is 1. The topological polar surface area (TPSA) is 75.6 Å². The molecule has 0 aliphatic heterocycles. The Morgan fingerprint density at radius 3 is 2.14 bits per heavy atom. The van der Waals surface area contributed by atoms with Gasteiger partial charge in [0.2, 0.25) is 0 Å². The van der Waals surface area contributed by atoms with Gasteiger partial charge < -0.3 is 15.2 Å². The van der Waals surface area contributed by atoms with Crippen LogP contribution >= 0.6 is 0 Å². The average Bonchev–Trinajstić information content (AvgIpc) is 2.66. The highest BCUT2D eigenvalue weighted by Crippen LogP contribution is 2.28. The third-order valence-corrected chi connectivity index (χ3v) is 3.58. The smallest absolute Gasteiger partial charge is 0.396 e. The predicted molar refractivity (Wildman–Crippen MR) is 99.8 cm³/mol. The average molecular weight is 397 g/mol. The molecular formula is C20H22F3NO4. The summed E-state index contributed by atoms with van der Waals surface area (Å²) in [5.41, 5.74) is 0.158. The second-order valence-electron chi connectivity index (χ2n) is 5.45. The zero-order valence-electron chi connectivity index (χ0n) is 15.7. The van der Waals surface area contributed by atoms with E-state index < -0.39 is 30.4 Å². The van der Waals surface area contributed by atoms with E-state index in [1.807, 2.05) is 13.8 Å². The zero-order chi connectivity index (χ0) is 21.3. The molecule has 28 heavy (non-hydrogen) atoms. The van der Waals surface area contributed by atoms with Crippen LogP contribution in [0.5, 0.6) is 5.75 Å². The van der Waals surface area contributed by atoms with Gasteiger partial charge in [-0.15, -0.1) is 0 Å². The highest BCUT2D eigenvalue weighted by molar-refractivity contribution is 6.02. The van der Waals surface area contributed by atoms with E-state index in [1.54, 1.807) is 12.1 Å². The molecule has 152 valence electrons. The van der Waals surface area contributed by atoms with Crippen LogP contribution in [0.4, 0.5) is 18.9 Å². The number of nitrogens with one attached hydrogen (secondary N) is 1. The molecule has 0 saturated carbocycles. The van der Waals surface area contributed by atoms with Crippen molar-refractivity contribution in [2.45, 2.75) is 32.5 Å². The van der Waals surface area contributed by atoms with Crippen LogP contribution in [0.2, 0.25) is 0 Å². The van der Waals surface area contributed by atoms with Gasteiger partial charge in [-0.25, -0.2) is 4.79 Å². The highest BCUT2D eigenvalue weighted by Gasteiger charge is 2.32. The van der Waals surface area contributed by atoms with Crippen LogP contribution in [-0.2, 0) is 4.79 Å². The van der Waals surface area contributed by atoms with Crippen molar-refractivity contribution >= 4 is 17.4 Å². The number of methoxy groups -OCH3 is 1. The van der Waals surface area contributed by atoms with Gasteiger partial charge in [0.1, 0.15) is 12.2 Å². The van der Waals surface area contributed by atoms with Gasteiger partial charge in [0, 0.05) is 11.3 Å². The van der Waals surface area contributed by atoms with Gasteiger partial charge in [-0.3, -0.25) is 4.79 Å². The fraction of sp³-hybridized carbons (Fsp3) is 0.300. The first kappa shape index (κ1) is 23.0. The summed E-state index contributed by atoms with van der Waals surface area (Å²) in [6.07, 6.45) is -6.27. The van der Waals surface area contributed by atoms with Crippen LogP contribution < -0.4 is 10.1 Å². The maximum Gasteiger partial charge on any atom is 0.396 e.